The van der Waals surface area contributed by atoms with Gasteiger partial charge in [-0.25, -0.2) is 17.2 Å². The third-order valence-electron chi connectivity index (χ3n) is 3.09. The number of hydrogen-bond donors (Lipinski definition) is 1. The van der Waals surface area contributed by atoms with E-state index in [0.717, 1.165) is 12.1 Å². The molecule has 1 aromatic rings. The lowest BCUT2D eigenvalue weighted by molar-refractivity contribution is -0.883. The van der Waals surface area contributed by atoms with Gasteiger partial charge in [0, 0.05) is 6.07 Å². The molecule has 1 aromatic carbocycles. The summed E-state index contributed by atoms with van der Waals surface area (Å²) in [5, 5.41) is 0. The van der Waals surface area contributed by atoms with Crippen LogP contribution in [-0.2, 0) is 10.0 Å². The van der Waals surface area contributed by atoms with Crippen molar-refractivity contribution in [3.63, 3.8) is 0 Å². The standard InChI is InChI=1S/C11H14F2N2O2S/c1-14-4-6-15(7-5-14)18(16,17)11-3-2-9(12)8-10(11)13/h2-3,8H,4-7H2,1H3/p+1. The zero-order valence-electron chi connectivity index (χ0n) is 9.99. The molecule has 18 heavy (non-hydrogen) atoms. The summed E-state index contributed by atoms with van der Waals surface area (Å²) in [6.07, 6.45) is 0. The van der Waals surface area contributed by atoms with Crippen LogP contribution in [0.2, 0.25) is 0 Å². The van der Waals surface area contributed by atoms with E-state index in [1.807, 2.05) is 7.05 Å². The van der Waals surface area contributed by atoms with E-state index in [4.69, 9.17) is 0 Å². The minimum absolute atomic E-state index is 0.352. The molecule has 0 spiro atoms. The van der Waals surface area contributed by atoms with Gasteiger partial charge in [-0.3, -0.25) is 0 Å². The summed E-state index contributed by atoms with van der Waals surface area (Å²) < 4.78 is 51.9. The average Bonchev–Trinajstić information content (AvgIpc) is 2.29. The fraction of sp³-hybridized carbons (Fsp3) is 0.455. The van der Waals surface area contributed by atoms with Crippen molar-refractivity contribution < 1.29 is 22.1 Å². The Kier molecular flexibility index (Phi) is 3.65. The third-order valence-corrected chi connectivity index (χ3v) is 5.02. The predicted molar refractivity (Wildman–Crippen MR) is 61.7 cm³/mol. The number of likely N-dealkylation sites (N-methyl/N-ethyl adjacent to an activating group) is 1. The highest BCUT2D eigenvalue weighted by molar-refractivity contribution is 7.89. The minimum atomic E-state index is -3.85. The first-order chi connectivity index (χ1) is 8.41. The van der Waals surface area contributed by atoms with Crippen LogP contribution in [0.1, 0.15) is 0 Å². The molecule has 0 aliphatic carbocycles. The average molecular weight is 277 g/mol. The lowest BCUT2D eigenvalue weighted by Gasteiger charge is -2.29. The Bertz CT molecular complexity index is 540. The summed E-state index contributed by atoms with van der Waals surface area (Å²) in [7, 11) is -1.88. The Morgan fingerprint density at radius 3 is 2.39 bits per heavy atom. The molecule has 1 fully saturated rings. The van der Waals surface area contributed by atoms with E-state index in [1.54, 1.807) is 0 Å². The second-order valence-corrected chi connectivity index (χ2v) is 6.34. The van der Waals surface area contributed by atoms with E-state index >= 15 is 0 Å². The lowest BCUT2D eigenvalue weighted by atomic mass is 10.3. The first-order valence-corrected chi connectivity index (χ1v) is 7.12. The summed E-state index contributed by atoms with van der Waals surface area (Å²) in [6, 6.07) is 2.52. The van der Waals surface area contributed by atoms with Crippen LogP contribution in [0.4, 0.5) is 8.78 Å². The molecule has 0 saturated carbocycles. The Morgan fingerprint density at radius 1 is 1.22 bits per heavy atom. The molecule has 2 rings (SSSR count). The number of nitrogens with zero attached hydrogens (tertiary/aromatic N) is 1. The highest BCUT2D eigenvalue weighted by Crippen LogP contribution is 2.19. The van der Waals surface area contributed by atoms with Gasteiger partial charge in [-0.15, -0.1) is 0 Å². The van der Waals surface area contributed by atoms with Crippen LogP contribution in [0.25, 0.3) is 0 Å². The summed E-state index contributed by atoms with van der Waals surface area (Å²) in [5.41, 5.74) is 0. The Labute approximate surface area is 105 Å². The number of halogens is 2. The van der Waals surface area contributed by atoms with Crippen molar-refractivity contribution in [2.45, 2.75) is 4.90 Å². The minimum Gasteiger partial charge on any atom is -0.335 e. The molecule has 1 N–H and O–H groups in total. The molecule has 0 unspecified atom stereocenters. The molecule has 0 aromatic heterocycles. The molecular weight excluding hydrogens is 262 g/mol. The van der Waals surface area contributed by atoms with Crippen LogP contribution in [0.15, 0.2) is 23.1 Å². The Hall–Kier alpha value is -1.05. The zero-order chi connectivity index (χ0) is 13.3. The molecule has 7 heteroatoms. The van der Waals surface area contributed by atoms with Gasteiger partial charge in [0.05, 0.1) is 33.2 Å². The van der Waals surface area contributed by atoms with E-state index in [9.17, 15) is 17.2 Å². The van der Waals surface area contributed by atoms with Crippen molar-refractivity contribution in [1.82, 2.24) is 4.31 Å². The molecule has 1 aliphatic heterocycles. The van der Waals surface area contributed by atoms with Crippen LogP contribution < -0.4 is 4.90 Å². The SMILES string of the molecule is C[NH+]1CCN(S(=O)(=O)c2ccc(F)cc2F)CC1. The maximum absolute atomic E-state index is 13.5. The second kappa shape index (κ2) is 4.91. The predicted octanol–water partition coefficient (Wildman–Crippen LogP) is -0.516. The zero-order valence-corrected chi connectivity index (χ0v) is 10.8. The molecule has 0 radical (unpaired) electrons. The van der Waals surface area contributed by atoms with Gasteiger partial charge in [-0.2, -0.15) is 4.31 Å². The van der Waals surface area contributed by atoms with Crippen molar-refractivity contribution >= 4 is 10.0 Å². The molecule has 0 bridgehead atoms. The van der Waals surface area contributed by atoms with Crippen molar-refractivity contribution in [1.29, 1.82) is 0 Å². The molecule has 0 amide bonds. The summed E-state index contributed by atoms with van der Waals surface area (Å²) in [4.78, 5) is 0.782. The van der Waals surface area contributed by atoms with E-state index in [-0.39, 0.29) is 0 Å². The van der Waals surface area contributed by atoms with Gasteiger partial charge in [0.25, 0.3) is 0 Å². The van der Waals surface area contributed by atoms with Gasteiger partial charge >= 0.3 is 0 Å². The monoisotopic (exact) mass is 277 g/mol. The van der Waals surface area contributed by atoms with Crippen LogP contribution in [-0.4, -0.2) is 45.9 Å². The Morgan fingerprint density at radius 2 is 1.83 bits per heavy atom. The van der Waals surface area contributed by atoms with Crippen LogP contribution in [0.3, 0.4) is 0 Å². The maximum atomic E-state index is 13.5. The van der Waals surface area contributed by atoms with Gasteiger partial charge in [-0.05, 0) is 12.1 Å². The summed E-state index contributed by atoms with van der Waals surface area (Å²) >= 11 is 0. The third kappa shape index (κ3) is 2.52. The number of quaternary nitrogens is 1. The number of nitrogens with one attached hydrogen (secondary N) is 1. The summed E-state index contributed by atoms with van der Waals surface area (Å²) in [6.45, 7) is 2.07. The van der Waals surface area contributed by atoms with E-state index in [0.29, 0.717) is 32.2 Å². The van der Waals surface area contributed by atoms with Crippen molar-refractivity contribution in [3.8, 4) is 0 Å². The number of benzene rings is 1. The molecular formula is C11H15F2N2O2S+. The number of sulfonamides is 1. The number of hydrogen-bond acceptors (Lipinski definition) is 2. The van der Waals surface area contributed by atoms with Crippen LogP contribution in [0.5, 0.6) is 0 Å². The molecule has 4 nitrogen and oxygen atoms in total. The van der Waals surface area contributed by atoms with Gasteiger partial charge in [0.2, 0.25) is 10.0 Å². The maximum Gasteiger partial charge on any atom is 0.246 e. The molecule has 1 heterocycles. The van der Waals surface area contributed by atoms with Crippen molar-refractivity contribution in [2.75, 3.05) is 33.2 Å². The molecule has 1 aliphatic rings. The van der Waals surface area contributed by atoms with E-state index < -0.39 is 26.6 Å². The summed E-state index contributed by atoms with van der Waals surface area (Å²) in [5.74, 6) is -1.82. The van der Waals surface area contributed by atoms with Gasteiger partial charge in [0.15, 0.2) is 0 Å². The van der Waals surface area contributed by atoms with Gasteiger partial charge in [0.1, 0.15) is 16.5 Å². The lowest BCUT2D eigenvalue weighted by Crippen LogP contribution is -3.12. The largest absolute Gasteiger partial charge is 0.335 e. The fourth-order valence-corrected chi connectivity index (χ4v) is 3.42. The van der Waals surface area contributed by atoms with Crippen molar-refractivity contribution in [3.05, 3.63) is 29.8 Å². The van der Waals surface area contributed by atoms with E-state index in [1.165, 1.54) is 9.21 Å². The number of piperazine rings is 1. The second-order valence-electron chi connectivity index (χ2n) is 4.44. The van der Waals surface area contributed by atoms with Gasteiger partial charge < -0.3 is 4.90 Å². The van der Waals surface area contributed by atoms with E-state index in [2.05, 4.69) is 0 Å². The highest BCUT2D eigenvalue weighted by atomic mass is 32.2. The first-order valence-electron chi connectivity index (χ1n) is 5.68. The molecule has 100 valence electrons. The topological polar surface area (TPSA) is 41.8 Å². The van der Waals surface area contributed by atoms with Crippen molar-refractivity contribution in [2.24, 2.45) is 0 Å². The quantitative estimate of drug-likeness (QED) is 0.791. The van der Waals surface area contributed by atoms with Crippen LogP contribution in [0, 0.1) is 11.6 Å². The molecule has 1 saturated heterocycles. The first kappa shape index (κ1) is 13.4. The Balaban J connectivity index is 2.30. The highest BCUT2D eigenvalue weighted by Gasteiger charge is 2.31. The number of rotatable bonds is 2. The van der Waals surface area contributed by atoms with Crippen LogP contribution >= 0.6 is 0 Å². The normalized spacial score (nSPS) is 19.1. The fourth-order valence-electron chi connectivity index (χ4n) is 1.93. The molecule has 0 atom stereocenters. The van der Waals surface area contributed by atoms with Gasteiger partial charge in [-0.1, -0.05) is 0 Å². The smallest absolute Gasteiger partial charge is 0.246 e.